The van der Waals surface area contributed by atoms with Crippen LogP contribution in [0.5, 0.6) is 0 Å². The van der Waals surface area contributed by atoms with Crippen LogP contribution in [0, 0.1) is 0 Å². The van der Waals surface area contributed by atoms with Gasteiger partial charge < -0.3 is 20.3 Å². The lowest BCUT2D eigenvalue weighted by Gasteiger charge is -2.24. The van der Waals surface area contributed by atoms with Crippen LogP contribution in [-0.2, 0) is 14.3 Å². The van der Waals surface area contributed by atoms with E-state index in [4.69, 9.17) is 4.74 Å². The SMILES string of the molecule is CC/C=C\C/C=C\C/C=C\C/C=C\C/C=C\C/C=C\CCC(=O)OC(CCCCC/C=C/C=C/C=C/C=C/C=C/CCC)CC(=O)NC(CO)C(O)CCCCCCCCCCCCC. The van der Waals surface area contributed by atoms with Gasteiger partial charge in [-0.25, -0.2) is 0 Å². The van der Waals surface area contributed by atoms with Gasteiger partial charge in [-0.15, -0.1) is 0 Å². The van der Waals surface area contributed by atoms with Gasteiger partial charge in [-0.05, 0) is 83.5 Å². The molecule has 0 spiro atoms. The molecule has 3 atom stereocenters. The monoisotopic (exact) mass is 898 g/mol. The Kier molecular flexibility index (Phi) is 47.9. The van der Waals surface area contributed by atoms with Gasteiger partial charge in [0.25, 0.3) is 0 Å². The number of carbonyl (C=O) groups is 2. The normalized spacial score (nSPS) is 14.4. The fourth-order valence-corrected chi connectivity index (χ4v) is 6.96. The maximum absolute atomic E-state index is 13.2. The zero-order valence-electron chi connectivity index (χ0n) is 41.6. The zero-order valence-corrected chi connectivity index (χ0v) is 41.6. The van der Waals surface area contributed by atoms with Crippen molar-refractivity contribution in [1.29, 1.82) is 0 Å². The maximum atomic E-state index is 13.2. The van der Waals surface area contributed by atoms with E-state index in [1.165, 1.54) is 51.4 Å². The highest BCUT2D eigenvalue weighted by Gasteiger charge is 2.24. The van der Waals surface area contributed by atoms with Crippen LogP contribution in [0.2, 0.25) is 0 Å². The van der Waals surface area contributed by atoms with Crippen molar-refractivity contribution < 1.29 is 24.5 Å². The molecule has 0 radical (unpaired) electrons. The van der Waals surface area contributed by atoms with Gasteiger partial charge >= 0.3 is 5.97 Å². The molecule has 0 fully saturated rings. The summed E-state index contributed by atoms with van der Waals surface area (Å²) in [6, 6.07) is -0.740. The van der Waals surface area contributed by atoms with Crippen molar-refractivity contribution in [1.82, 2.24) is 5.32 Å². The first-order chi connectivity index (χ1) is 32.0. The van der Waals surface area contributed by atoms with Gasteiger partial charge in [0.1, 0.15) is 6.10 Å². The lowest BCUT2D eigenvalue weighted by Crippen LogP contribution is -2.46. The van der Waals surface area contributed by atoms with Crippen molar-refractivity contribution in [3.05, 3.63) is 134 Å². The molecule has 6 nitrogen and oxygen atoms in total. The topological polar surface area (TPSA) is 95.9 Å². The van der Waals surface area contributed by atoms with Crippen molar-refractivity contribution in [2.24, 2.45) is 0 Å². The van der Waals surface area contributed by atoms with E-state index in [2.05, 4.69) is 117 Å². The Morgan fingerprint density at radius 1 is 0.477 bits per heavy atom. The molecular formula is C59H95NO5. The Bertz CT molecular complexity index is 1420. The summed E-state index contributed by atoms with van der Waals surface area (Å²) in [5.41, 5.74) is 0. The summed E-state index contributed by atoms with van der Waals surface area (Å²) < 4.78 is 5.87. The fourth-order valence-electron chi connectivity index (χ4n) is 6.96. The zero-order chi connectivity index (χ0) is 47.4. The van der Waals surface area contributed by atoms with Crippen LogP contribution in [0.1, 0.15) is 201 Å². The van der Waals surface area contributed by atoms with Gasteiger partial charge in [0.05, 0.1) is 25.2 Å². The highest BCUT2D eigenvalue weighted by molar-refractivity contribution is 5.77. The molecule has 0 heterocycles. The number of hydrogen-bond donors (Lipinski definition) is 3. The van der Waals surface area contributed by atoms with Gasteiger partial charge in [0, 0.05) is 6.42 Å². The highest BCUT2D eigenvalue weighted by atomic mass is 16.5. The lowest BCUT2D eigenvalue weighted by molar-refractivity contribution is -0.150. The minimum Gasteiger partial charge on any atom is -0.462 e. The second-order valence-corrected chi connectivity index (χ2v) is 17.0. The quantitative estimate of drug-likeness (QED) is 0.0245. The summed E-state index contributed by atoms with van der Waals surface area (Å²) in [7, 11) is 0. The molecule has 0 aromatic carbocycles. The molecule has 3 N–H and O–H groups in total. The number of carbonyl (C=O) groups excluding carboxylic acids is 2. The van der Waals surface area contributed by atoms with Crippen molar-refractivity contribution >= 4 is 11.9 Å². The van der Waals surface area contributed by atoms with E-state index in [1.807, 2.05) is 42.5 Å². The predicted molar refractivity (Wildman–Crippen MR) is 282 cm³/mol. The molecule has 3 unspecified atom stereocenters. The number of allylic oxidation sites excluding steroid dienone is 22. The third kappa shape index (κ3) is 46.3. The largest absolute Gasteiger partial charge is 0.462 e. The molecule has 0 bridgehead atoms. The molecule has 0 saturated carbocycles. The number of nitrogens with one attached hydrogen (secondary N) is 1. The Morgan fingerprint density at radius 2 is 0.923 bits per heavy atom. The number of esters is 1. The van der Waals surface area contributed by atoms with E-state index < -0.39 is 18.2 Å². The van der Waals surface area contributed by atoms with Crippen LogP contribution in [-0.4, -0.2) is 46.9 Å². The Labute approximate surface area is 399 Å². The minimum atomic E-state index is -0.821. The number of ether oxygens (including phenoxy) is 1. The number of unbranched alkanes of at least 4 members (excludes halogenated alkanes) is 14. The van der Waals surface area contributed by atoms with E-state index in [-0.39, 0.29) is 31.3 Å². The van der Waals surface area contributed by atoms with Gasteiger partial charge in [-0.1, -0.05) is 238 Å². The van der Waals surface area contributed by atoms with Gasteiger partial charge in [-0.2, -0.15) is 0 Å². The first-order valence-corrected chi connectivity index (χ1v) is 26.0. The summed E-state index contributed by atoms with van der Waals surface area (Å²) in [4.78, 5) is 26.1. The highest BCUT2D eigenvalue weighted by Crippen LogP contribution is 2.16. The minimum absolute atomic E-state index is 0.00967. The first-order valence-electron chi connectivity index (χ1n) is 26.0. The molecule has 0 aliphatic carbocycles. The average molecular weight is 898 g/mol. The molecule has 1 amide bonds. The maximum Gasteiger partial charge on any atom is 0.306 e. The molecule has 65 heavy (non-hydrogen) atoms. The van der Waals surface area contributed by atoms with Crippen LogP contribution in [0.4, 0.5) is 0 Å². The van der Waals surface area contributed by atoms with Crippen molar-refractivity contribution in [3.63, 3.8) is 0 Å². The number of rotatable bonds is 44. The number of aliphatic hydroxyl groups excluding tert-OH is 2. The molecule has 366 valence electrons. The van der Waals surface area contributed by atoms with E-state index in [1.54, 1.807) is 0 Å². The number of hydrogen-bond acceptors (Lipinski definition) is 5. The molecule has 0 aliphatic heterocycles. The van der Waals surface area contributed by atoms with Gasteiger partial charge in [0.15, 0.2) is 0 Å². The van der Waals surface area contributed by atoms with Crippen LogP contribution >= 0.6 is 0 Å². The lowest BCUT2D eigenvalue weighted by atomic mass is 10.0. The molecular weight excluding hydrogens is 803 g/mol. The molecule has 0 saturated heterocycles. The van der Waals surface area contributed by atoms with E-state index in [0.717, 1.165) is 96.3 Å². The third-order valence-electron chi connectivity index (χ3n) is 10.8. The van der Waals surface area contributed by atoms with Crippen LogP contribution in [0.3, 0.4) is 0 Å². The average Bonchev–Trinajstić information content (AvgIpc) is 3.30. The molecule has 0 aromatic heterocycles. The number of amides is 1. The Morgan fingerprint density at radius 3 is 1.43 bits per heavy atom. The van der Waals surface area contributed by atoms with E-state index in [9.17, 15) is 19.8 Å². The summed E-state index contributed by atoms with van der Waals surface area (Å²) in [5.74, 6) is -0.631. The summed E-state index contributed by atoms with van der Waals surface area (Å²) in [6.45, 7) is 6.23. The van der Waals surface area contributed by atoms with Gasteiger partial charge in [-0.3, -0.25) is 9.59 Å². The fraction of sp³-hybridized carbons (Fsp3) is 0.593. The second-order valence-electron chi connectivity index (χ2n) is 17.0. The van der Waals surface area contributed by atoms with Gasteiger partial charge in [0.2, 0.25) is 5.91 Å². The summed E-state index contributed by atoms with van der Waals surface area (Å²) in [5, 5.41) is 23.7. The Balaban J connectivity index is 4.84. The van der Waals surface area contributed by atoms with Crippen molar-refractivity contribution in [2.45, 2.75) is 219 Å². The second kappa shape index (κ2) is 51.0. The van der Waals surface area contributed by atoms with E-state index in [0.29, 0.717) is 19.3 Å². The van der Waals surface area contributed by atoms with Crippen molar-refractivity contribution in [3.8, 4) is 0 Å². The van der Waals surface area contributed by atoms with Crippen LogP contribution in [0.15, 0.2) is 134 Å². The van der Waals surface area contributed by atoms with Crippen LogP contribution < -0.4 is 5.32 Å². The summed E-state index contributed by atoms with van der Waals surface area (Å²) >= 11 is 0. The standard InChI is InChI=1S/C59H95NO5/c1-4-7-10-13-16-19-22-24-26-28-29-30-32-34-37-40-43-46-49-52-59(64)65-55(50-47-44-41-38-36-33-31-27-25-23-20-17-14-11-8-5-2)53-58(63)60-56(54-61)57(62)51-48-45-42-39-35-21-18-15-12-9-6-3/h7,10-11,14,16-17,19-20,23-27,29-31,33-34,36-37,43,46,55-57,61-62H,4-6,8-9,12-13,15,18,21-22,28,32,35,38-42,44-45,47-54H2,1-3H3,(H,60,63)/b10-7-,14-11+,19-16-,20-17+,25-23+,26-24-,30-29-,31-27+,36-33+,37-34-,46-43-. The molecule has 0 rings (SSSR count). The predicted octanol–water partition coefficient (Wildman–Crippen LogP) is 15.8. The Hall–Kier alpha value is -4.00. The van der Waals surface area contributed by atoms with Crippen molar-refractivity contribution in [2.75, 3.05) is 6.61 Å². The molecule has 0 aromatic rings. The van der Waals surface area contributed by atoms with Crippen LogP contribution in [0.25, 0.3) is 0 Å². The first kappa shape index (κ1) is 61.0. The summed E-state index contributed by atoms with van der Waals surface area (Å²) in [6.07, 6.45) is 72.3. The molecule has 6 heteroatoms. The smallest absolute Gasteiger partial charge is 0.306 e. The third-order valence-corrected chi connectivity index (χ3v) is 10.8. The van der Waals surface area contributed by atoms with E-state index >= 15 is 0 Å². The number of aliphatic hydroxyl groups is 2. The molecule has 0 aliphatic rings.